The van der Waals surface area contributed by atoms with Crippen molar-refractivity contribution in [2.45, 2.75) is 160 Å². The van der Waals surface area contributed by atoms with Crippen molar-refractivity contribution in [1.82, 2.24) is 42.5 Å². The molecule has 0 spiro atoms. The summed E-state index contributed by atoms with van der Waals surface area (Å²) in [7, 11) is 0. The van der Waals surface area contributed by atoms with Crippen LogP contribution in [0, 0.1) is 11.8 Å². The van der Waals surface area contributed by atoms with E-state index in [0.717, 1.165) is 0 Å². The molecule has 1 saturated heterocycles. The van der Waals surface area contributed by atoms with Crippen LogP contribution in [0.25, 0.3) is 0 Å². The number of nitrogens with one attached hydrogen (secondary N) is 8. The zero-order chi connectivity index (χ0) is 50.8. The molecule has 1 heterocycles. The predicted octanol–water partition coefficient (Wildman–Crippen LogP) is -2.20. The molecule has 25 heteroatoms. The summed E-state index contributed by atoms with van der Waals surface area (Å²) in [6.07, 6.45) is 1.18. The van der Waals surface area contributed by atoms with E-state index in [4.69, 9.17) is 11.5 Å². The van der Waals surface area contributed by atoms with E-state index in [-0.39, 0.29) is 43.9 Å². The van der Waals surface area contributed by atoms with Gasteiger partial charge in [-0.25, -0.2) is 4.79 Å². The van der Waals surface area contributed by atoms with Crippen LogP contribution in [-0.4, -0.2) is 154 Å². The first-order chi connectivity index (χ1) is 31.5. The first kappa shape index (κ1) is 59.5. The molecular formula is C42H72N10O14S. The highest BCUT2D eigenvalue weighted by Crippen LogP contribution is 2.13. The third kappa shape index (κ3) is 24.2. The molecule has 0 saturated carbocycles. The molecule has 15 N–H and O–H groups in total. The van der Waals surface area contributed by atoms with Gasteiger partial charge < -0.3 is 69.3 Å². The second-order valence-corrected chi connectivity index (χ2v) is 18.3. The van der Waals surface area contributed by atoms with Crippen molar-refractivity contribution >= 4 is 76.9 Å². The number of primary amides is 1. The normalized spacial score (nSPS) is 16.5. The molecule has 1 rings (SSSR count). The molecule has 0 bridgehead atoms. The number of unbranched alkanes of at least 4 members (excludes halogenated alkanes) is 1. The molecule has 24 nitrogen and oxygen atoms in total. The Morgan fingerprint density at radius 2 is 1.00 bits per heavy atom. The quantitative estimate of drug-likeness (QED) is 0.0304. The number of carboxylic acid groups (broad SMARTS) is 3. The zero-order valence-corrected chi connectivity index (χ0v) is 39.8. The molecule has 0 aromatic heterocycles. The molecule has 1 aliphatic rings. The van der Waals surface area contributed by atoms with Crippen molar-refractivity contribution in [2.24, 2.45) is 23.3 Å². The third-order valence-electron chi connectivity index (χ3n) is 10.5. The number of hydrogen-bond donors (Lipinski definition) is 13. The molecular weight excluding hydrogens is 901 g/mol. The Kier molecular flexibility index (Phi) is 27.9. The average molecular weight is 973 g/mol. The highest BCUT2D eigenvalue weighted by atomic mass is 32.2. The van der Waals surface area contributed by atoms with E-state index in [2.05, 4.69) is 42.5 Å². The van der Waals surface area contributed by atoms with Gasteiger partial charge >= 0.3 is 17.9 Å². The fourth-order valence-corrected chi connectivity index (χ4v) is 7.43. The van der Waals surface area contributed by atoms with E-state index in [1.165, 1.54) is 11.8 Å². The molecule has 0 radical (unpaired) electrons. The van der Waals surface area contributed by atoms with Gasteiger partial charge in [0, 0.05) is 12.8 Å². The lowest BCUT2D eigenvalue weighted by Gasteiger charge is -2.28. The number of amides is 8. The van der Waals surface area contributed by atoms with Crippen molar-refractivity contribution in [1.29, 1.82) is 0 Å². The van der Waals surface area contributed by atoms with Gasteiger partial charge in [0.1, 0.15) is 42.3 Å². The minimum atomic E-state index is -1.79. The van der Waals surface area contributed by atoms with Crippen molar-refractivity contribution in [3.8, 4) is 0 Å². The van der Waals surface area contributed by atoms with Crippen LogP contribution in [0.3, 0.4) is 0 Å². The van der Waals surface area contributed by atoms with Crippen LogP contribution in [-0.2, 0) is 52.7 Å². The van der Waals surface area contributed by atoms with E-state index < -0.39 is 139 Å². The fraction of sp³-hybridized carbons (Fsp3) is 0.738. The molecule has 67 heavy (non-hydrogen) atoms. The van der Waals surface area contributed by atoms with Crippen LogP contribution in [0.15, 0.2) is 0 Å². The van der Waals surface area contributed by atoms with Crippen LogP contribution in [0.1, 0.15) is 111 Å². The Labute approximate surface area is 394 Å². The maximum Gasteiger partial charge on any atom is 0.326 e. The lowest BCUT2D eigenvalue weighted by Crippen LogP contribution is -2.60. The zero-order valence-electron chi connectivity index (χ0n) is 39.0. The predicted molar refractivity (Wildman–Crippen MR) is 245 cm³/mol. The van der Waals surface area contributed by atoms with Gasteiger partial charge in [-0.1, -0.05) is 27.7 Å². The van der Waals surface area contributed by atoms with Gasteiger partial charge in [0.05, 0.1) is 12.5 Å². The van der Waals surface area contributed by atoms with Crippen molar-refractivity contribution in [3.63, 3.8) is 0 Å². The Morgan fingerprint density at radius 3 is 1.40 bits per heavy atom. The largest absolute Gasteiger partial charge is 0.481 e. The van der Waals surface area contributed by atoms with E-state index in [1.54, 1.807) is 34.0 Å². The fourth-order valence-electron chi connectivity index (χ4n) is 6.96. The average Bonchev–Trinajstić information content (AvgIpc) is 3.79. The van der Waals surface area contributed by atoms with Gasteiger partial charge in [0.15, 0.2) is 0 Å². The number of thioether (sulfide) groups is 1. The number of nitrogens with two attached hydrogens (primary N) is 2. The van der Waals surface area contributed by atoms with Gasteiger partial charge in [-0.3, -0.25) is 47.9 Å². The Morgan fingerprint density at radius 1 is 0.582 bits per heavy atom. The summed E-state index contributed by atoms with van der Waals surface area (Å²) >= 11 is 1.36. The van der Waals surface area contributed by atoms with Crippen LogP contribution in [0.2, 0.25) is 0 Å². The van der Waals surface area contributed by atoms with Gasteiger partial charge in [-0.15, -0.1) is 0 Å². The summed E-state index contributed by atoms with van der Waals surface area (Å²) in [6.45, 7) is 7.79. The van der Waals surface area contributed by atoms with E-state index in [0.29, 0.717) is 44.5 Å². The van der Waals surface area contributed by atoms with Crippen LogP contribution >= 0.6 is 11.8 Å². The van der Waals surface area contributed by atoms with Gasteiger partial charge in [0.2, 0.25) is 47.3 Å². The number of hydrogen-bond acceptors (Lipinski definition) is 14. The smallest absolute Gasteiger partial charge is 0.326 e. The number of carbonyl (C=O) groups excluding carboxylic acids is 8. The summed E-state index contributed by atoms with van der Waals surface area (Å²) < 4.78 is 0. The summed E-state index contributed by atoms with van der Waals surface area (Å²) in [5.41, 5.74) is 11.0. The van der Waals surface area contributed by atoms with E-state index >= 15 is 0 Å². The lowest BCUT2D eigenvalue weighted by molar-refractivity contribution is -0.142. The van der Waals surface area contributed by atoms with Crippen molar-refractivity contribution in [3.05, 3.63) is 0 Å². The molecule has 1 aliphatic heterocycles. The van der Waals surface area contributed by atoms with Gasteiger partial charge in [-0.05, 0) is 101 Å². The van der Waals surface area contributed by atoms with E-state index in [1.807, 2.05) is 0 Å². The number of carboxylic acids is 3. The van der Waals surface area contributed by atoms with Crippen LogP contribution in [0.5, 0.6) is 0 Å². The van der Waals surface area contributed by atoms with Gasteiger partial charge in [0.25, 0.3) is 0 Å². The summed E-state index contributed by atoms with van der Waals surface area (Å²) in [5.74, 6) is -11.3. The number of carbonyl (C=O) groups is 11. The molecule has 1 fully saturated rings. The van der Waals surface area contributed by atoms with E-state index in [9.17, 15) is 68.1 Å². The SMILES string of the molecule is CSCC[C@H](NC(=O)[C@H](CC(C)C)NC(=O)[C@H](CCC(=O)O)NC(=O)[C@H](CC(N)=O)NC(=O)[C@H](CC(C)C)NC(=O)[C@H](CCC(=O)O)NC(=O)[C@@H]1CCCN1)C(=O)N[C@@H](CCCCN)C(=O)O. The summed E-state index contributed by atoms with van der Waals surface area (Å²) in [5, 5.41) is 48.8. The molecule has 8 atom stereocenters. The minimum Gasteiger partial charge on any atom is -0.481 e. The molecule has 380 valence electrons. The maximum atomic E-state index is 13.9. The Balaban J connectivity index is 3.40. The molecule has 0 unspecified atom stereocenters. The second-order valence-electron chi connectivity index (χ2n) is 17.3. The highest BCUT2D eigenvalue weighted by molar-refractivity contribution is 7.98. The topological polar surface area (TPSA) is 397 Å². The standard InChI is InChI=1S/C42H72N10O14S/c1-22(2)19-29(39(62)48-27(15-18-67-5)38(61)49-28(42(65)66)9-6-7-16-43)50-37(60)26(12-14-34(56)57)47-41(64)31(21-32(44)53)52-40(63)30(20-23(3)4)51-36(59)25(11-13-33(54)55)46-35(58)24-10-8-17-45-24/h22-31,45H,6-21,43H2,1-5H3,(H2,44,53)(H,46,58)(H,47,64)(H,48,62)(H,49,61)(H,50,60)(H,51,59)(H,52,63)(H,54,55)(H,56,57)(H,65,66)/t24-,25-,26-,27-,28-,29-,30-,31-/m0/s1. The van der Waals surface area contributed by atoms with Crippen LogP contribution < -0.4 is 54.0 Å². The van der Waals surface area contributed by atoms with Crippen molar-refractivity contribution in [2.75, 3.05) is 25.1 Å². The summed E-state index contributed by atoms with van der Waals surface area (Å²) in [6, 6.07) is -10.7. The first-order valence-corrected chi connectivity index (χ1v) is 23.9. The molecule has 0 aromatic rings. The van der Waals surface area contributed by atoms with Crippen molar-refractivity contribution < 1.29 is 68.1 Å². The second kappa shape index (κ2) is 31.4. The number of aliphatic carboxylic acids is 3. The minimum absolute atomic E-state index is 0.00743. The number of rotatable bonds is 34. The molecule has 8 amide bonds. The third-order valence-corrected chi connectivity index (χ3v) is 11.1. The maximum absolute atomic E-state index is 13.9. The Hall–Kier alpha value is -5.56. The molecule has 0 aliphatic carbocycles. The Bertz CT molecular complexity index is 1710. The van der Waals surface area contributed by atoms with Gasteiger partial charge in [-0.2, -0.15) is 11.8 Å². The molecule has 0 aromatic carbocycles. The monoisotopic (exact) mass is 972 g/mol. The first-order valence-electron chi connectivity index (χ1n) is 22.5. The highest BCUT2D eigenvalue weighted by Gasteiger charge is 2.36. The summed E-state index contributed by atoms with van der Waals surface area (Å²) in [4.78, 5) is 142. The lowest BCUT2D eigenvalue weighted by atomic mass is 10.0. The van der Waals surface area contributed by atoms with Crippen LogP contribution in [0.4, 0.5) is 0 Å².